The van der Waals surface area contributed by atoms with Gasteiger partial charge in [0.05, 0.1) is 6.42 Å². The van der Waals surface area contributed by atoms with Crippen molar-refractivity contribution in [3.8, 4) is 0 Å². The molecule has 0 amide bonds. The highest BCUT2D eigenvalue weighted by molar-refractivity contribution is 7.87. The van der Waals surface area contributed by atoms with Crippen molar-refractivity contribution >= 4 is 22.1 Å². The molecule has 0 saturated heterocycles. The Kier molecular flexibility index (Phi) is 4.43. The second kappa shape index (κ2) is 4.85. The number of rotatable bonds is 4. The number of hydrogen-bond donors (Lipinski definition) is 3. The number of carbonyl (C=O) groups excluding carboxylic acids is 2. The minimum atomic E-state index is -4.79. The molecule has 1 unspecified atom stereocenters. The SMILES string of the molecule is NOC(=O)CC(C(=O)ON)S(=O)(=O)O. The predicted molar refractivity (Wildman–Crippen MR) is 40.5 cm³/mol. The molecule has 0 aliphatic heterocycles. The van der Waals surface area contributed by atoms with Gasteiger partial charge in [-0.25, -0.2) is 4.79 Å². The Morgan fingerprint density at radius 3 is 2.07 bits per heavy atom. The van der Waals surface area contributed by atoms with Crippen molar-refractivity contribution in [3.63, 3.8) is 0 Å². The van der Waals surface area contributed by atoms with E-state index in [2.05, 4.69) is 21.5 Å². The third-order valence-corrected chi connectivity index (χ3v) is 2.30. The lowest BCUT2D eigenvalue weighted by molar-refractivity contribution is -0.150. The molecule has 14 heavy (non-hydrogen) atoms. The Labute approximate surface area is 78.6 Å². The molecule has 0 aromatic carbocycles. The van der Waals surface area contributed by atoms with Crippen LogP contribution in [0.25, 0.3) is 0 Å². The number of nitrogens with two attached hydrogens (primary N) is 2. The van der Waals surface area contributed by atoms with E-state index < -0.39 is 33.7 Å². The van der Waals surface area contributed by atoms with Crippen LogP contribution in [0.5, 0.6) is 0 Å². The van der Waals surface area contributed by atoms with Crippen LogP contribution in [0, 0.1) is 0 Å². The molecule has 0 fully saturated rings. The van der Waals surface area contributed by atoms with Crippen molar-refractivity contribution < 1.29 is 32.2 Å². The molecule has 1 atom stereocenters. The second-order valence-electron chi connectivity index (χ2n) is 2.13. The molecular formula is C4H8N2O7S. The van der Waals surface area contributed by atoms with Crippen molar-refractivity contribution in [2.45, 2.75) is 11.7 Å². The fourth-order valence-electron chi connectivity index (χ4n) is 0.586. The van der Waals surface area contributed by atoms with Crippen LogP contribution in [0.4, 0.5) is 0 Å². The Hall–Kier alpha value is -1.23. The zero-order valence-corrected chi connectivity index (χ0v) is 7.56. The van der Waals surface area contributed by atoms with Crippen LogP contribution in [0.1, 0.15) is 6.42 Å². The molecular weight excluding hydrogens is 220 g/mol. The van der Waals surface area contributed by atoms with Gasteiger partial charge in [0.25, 0.3) is 10.1 Å². The standard InChI is InChI=1S/C4H8N2O7S/c5-12-3(7)1-2(4(8)13-6)14(9,10)11/h2H,1,5-6H2,(H,9,10,11). The van der Waals surface area contributed by atoms with Gasteiger partial charge in [-0.05, 0) is 0 Å². The first-order valence-electron chi connectivity index (χ1n) is 3.09. The highest BCUT2D eigenvalue weighted by Gasteiger charge is 2.35. The first-order chi connectivity index (χ1) is 6.32. The first-order valence-corrected chi connectivity index (χ1v) is 4.59. The monoisotopic (exact) mass is 228 g/mol. The summed E-state index contributed by atoms with van der Waals surface area (Å²) < 4.78 is 29.6. The third kappa shape index (κ3) is 3.66. The number of carbonyl (C=O) groups is 2. The van der Waals surface area contributed by atoms with E-state index in [0.29, 0.717) is 0 Å². The summed E-state index contributed by atoms with van der Waals surface area (Å²) in [6, 6.07) is 0. The lowest BCUT2D eigenvalue weighted by Crippen LogP contribution is -2.36. The first kappa shape index (κ1) is 12.8. The summed E-state index contributed by atoms with van der Waals surface area (Å²) in [5, 5.41) is -2.14. The molecule has 0 heterocycles. The fraction of sp³-hybridized carbons (Fsp3) is 0.500. The van der Waals surface area contributed by atoms with Gasteiger partial charge in [-0.3, -0.25) is 9.35 Å². The highest BCUT2D eigenvalue weighted by atomic mass is 32.2. The van der Waals surface area contributed by atoms with Gasteiger partial charge in [0.15, 0.2) is 5.25 Å². The van der Waals surface area contributed by atoms with Gasteiger partial charge in [-0.2, -0.15) is 20.2 Å². The average molecular weight is 228 g/mol. The van der Waals surface area contributed by atoms with E-state index in [1.165, 1.54) is 0 Å². The van der Waals surface area contributed by atoms with Crippen LogP contribution in [-0.4, -0.2) is 30.2 Å². The predicted octanol–water partition coefficient (Wildman–Crippen LogP) is -2.53. The Morgan fingerprint density at radius 2 is 1.79 bits per heavy atom. The van der Waals surface area contributed by atoms with Crippen LogP contribution in [-0.2, 0) is 29.4 Å². The quantitative estimate of drug-likeness (QED) is 0.348. The molecule has 0 aliphatic carbocycles. The normalized spacial score (nSPS) is 13.1. The van der Waals surface area contributed by atoms with Crippen molar-refractivity contribution in [2.24, 2.45) is 11.8 Å². The van der Waals surface area contributed by atoms with Crippen LogP contribution < -0.4 is 11.8 Å². The Morgan fingerprint density at radius 1 is 1.29 bits per heavy atom. The molecule has 5 N–H and O–H groups in total. The minimum Gasteiger partial charge on any atom is -0.373 e. The summed E-state index contributed by atoms with van der Waals surface area (Å²) in [4.78, 5) is 28.4. The maximum Gasteiger partial charge on any atom is 0.345 e. The van der Waals surface area contributed by atoms with E-state index in [4.69, 9.17) is 4.55 Å². The summed E-state index contributed by atoms with van der Waals surface area (Å²) in [6.45, 7) is 0. The zero-order chi connectivity index (χ0) is 11.4. The second-order valence-corrected chi connectivity index (χ2v) is 3.73. The molecule has 0 rings (SSSR count). The molecule has 0 saturated carbocycles. The van der Waals surface area contributed by atoms with E-state index >= 15 is 0 Å². The largest absolute Gasteiger partial charge is 0.373 e. The molecule has 82 valence electrons. The molecule has 0 spiro atoms. The highest BCUT2D eigenvalue weighted by Crippen LogP contribution is 2.06. The van der Waals surface area contributed by atoms with Crippen LogP contribution in [0.15, 0.2) is 0 Å². The van der Waals surface area contributed by atoms with E-state index in [1.807, 2.05) is 0 Å². The van der Waals surface area contributed by atoms with E-state index in [9.17, 15) is 18.0 Å². The van der Waals surface area contributed by atoms with Crippen molar-refractivity contribution in [3.05, 3.63) is 0 Å². The maximum absolute atomic E-state index is 10.7. The minimum absolute atomic E-state index is 0.981. The number of hydrogen-bond acceptors (Lipinski definition) is 8. The Balaban J connectivity index is 4.76. The third-order valence-electron chi connectivity index (χ3n) is 1.22. The summed E-state index contributed by atoms with van der Waals surface area (Å²) >= 11 is 0. The smallest absolute Gasteiger partial charge is 0.345 e. The summed E-state index contributed by atoms with van der Waals surface area (Å²) in [7, 11) is -4.79. The van der Waals surface area contributed by atoms with Gasteiger partial charge >= 0.3 is 11.9 Å². The van der Waals surface area contributed by atoms with E-state index in [1.54, 1.807) is 0 Å². The molecule has 0 aromatic heterocycles. The topological polar surface area (TPSA) is 159 Å². The van der Waals surface area contributed by atoms with Crippen LogP contribution in [0.2, 0.25) is 0 Å². The van der Waals surface area contributed by atoms with Crippen molar-refractivity contribution in [1.82, 2.24) is 0 Å². The maximum atomic E-state index is 10.7. The van der Waals surface area contributed by atoms with Gasteiger partial charge in [0.1, 0.15) is 0 Å². The van der Waals surface area contributed by atoms with Gasteiger partial charge in [0, 0.05) is 0 Å². The van der Waals surface area contributed by atoms with Gasteiger partial charge < -0.3 is 9.68 Å². The van der Waals surface area contributed by atoms with Crippen LogP contribution >= 0.6 is 0 Å². The molecule has 0 aliphatic rings. The van der Waals surface area contributed by atoms with Crippen molar-refractivity contribution in [2.75, 3.05) is 0 Å². The lowest BCUT2D eigenvalue weighted by Gasteiger charge is -2.08. The fourth-order valence-corrected chi connectivity index (χ4v) is 1.23. The van der Waals surface area contributed by atoms with Crippen LogP contribution in [0.3, 0.4) is 0 Å². The molecule has 0 radical (unpaired) electrons. The molecule has 9 nitrogen and oxygen atoms in total. The summed E-state index contributed by atoms with van der Waals surface area (Å²) in [6.07, 6.45) is -0.981. The van der Waals surface area contributed by atoms with Gasteiger partial charge in [0.2, 0.25) is 0 Å². The Bertz CT molecular complexity index is 323. The van der Waals surface area contributed by atoms with Gasteiger partial charge in [-0.15, -0.1) is 0 Å². The molecule has 10 heteroatoms. The van der Waals surface area contributed by atoms with Gasteiger partial charge in [-0.1, -0.05) is 0 Å². The summed E-state index contributed by atoms with van der Waals surface area (Å²) in [5.74, 6) is 6.08. The molecule has 0 aromatic rings. The van der Waals surface area contributed by atoms with E-state index in [0.717, 1.165) is 0 Å². The zero-order valence-electron chi connectivity index (χ0n) is 6.74. The van der Waals surface area contributed by atoms with Crippen molar-refractivity contribution in [1.29, 1.82) is 0 Å². The lowest BCUT2D eigenvalue weighted by atomic mass is 10.3. The summed E-state index contributed by atoms with van der Waals surface area (Å²) in [5.41, 5.74) is 0. The molecule has 0 bridgehead atoms. The average Bonchev–Trinajstić information content (AvgIpc) is 2.10. The van der Waals surface area contributed by atoms with E-state index in [-0.39, 0.29) is 0 Å².